The number of hydrogen-bond acceptors (Lipinski definition) is 6. The van der Waals surface area contributed by atoms with Crippen LogP contribution in [0.2, 0.25) is 0 Å². The van der Waals surface area contributed by atoms with Crippen LogP contribution in [0.3, 0.4) is 0 Å². The Labute approximate surface area is 150 Å². The molecule has 0 saturated heterocycles. The molecule has 0 aliphatic heterocycles. The number of carbonyl (C=O) groups excluding carboxylic acids is 1. The molecule has 2 aromatic rings. The van der Waals surface area contributed by atoms with Crippen molar-refractivity contribution in [2.45, 2.75) is 5.75 Å². The number of esters is 1. The first-order valence-electron chi connectivity index (χ1n) is 7.43. The molecule has 0 heterocycles. The van der Waals surface area contributed by atoms with Crippen molar-refractivity contribution in [3.8, 4) is 5.75 Å². The Morgan fingerprint density at radius 2 is 1.96 bits per heavy atom. The van der Waals surface area contributed by atoms with Crippen LogP contribution in [0.5, 0.6) is 5.75 Å². The third-order valence-corrected chi connectivity index (χ3v) is 4.08. The minimum atomic E-state index is -0.478. The average Bonchev–Trinajstić information content (AvgIpc) is 2.66. The largest absolute Gasteiger partial charge is 0.496 e. The van der Waals surface area contributed by atoms with Crippen LogP contribution in [0.25, 0.3) is 0 Å². The molecule has 25 heavy (non-hydrogen) atoms. The molecular weight excluding hydrogens is 338 g/mol. The fourth-order valence-electron chi connectivity index (χ4n) is 1.99. The van der Waals surface area contributed by atoms with Crippen LogP contribution in [0.15, 0.2) is 58.7 Å². The van der Waals surface area contributed by atoms with E-state index >= 15 is 0 Å². The minimum Gasteiger partial charge on any atom is -0.496 e. The molecule has 0 saturated carbocycles. The molecule has 0 aromatic heterocycles. The van der Waals surface area contributed by atoms with Crippen LogP contribution in [-0.4, -0.2) is 31.6 Å². The number of methoxy groups -OCH3 is 2. The van der Waals surface area contributed by atoms with Crippen LogP contribution in [0, 0.1) is 0 Å². The van der Waals surface area contributed by atoms with E-state index in [1.165, 1.54) is 32.2 Å². The van der Waals surface area contributed by atoms with Gasteiger partial charge in [0.2, 0.25) is 0 Å². The highest BCUT2D eigenvalue weighted by atomic mass is 32.2. The third-order valence-electron chi connectivity index (χ3n) is 3.22. The summed E-state index contributed by atoms with van der Waals surface area (Å²) in [4.78, 5) is 11.7. The van der Waals surface area contributed by atoms with Gasteiger partial charge in [-0.1, -0.05) is 42.1 Å². The summed E-state index contributed by atoms with van der Waals surface area (Å²) in [6.07, 6.45) is 1.52. The van der Waals surface area contributed by atoms with E-state index in [0.717, 1.165) is 11.3 Å². The highest BCUT2D eigenvalue weighted by Gasteiger charge is 2.12. The normalized spacial score (nSPS) is 11.5. The first kappa shape index (κ1) is 18.5. The van der Waals surface area contributed by atoms with Crippen molar-refractivity contribution in [1.29, 1.82) is 0 Å². The van der Waals surface area contributed by atoms with Gasteiger partial charge in [0.15, 0.2) is 5.17 Å². The zero-order valence-corrected chi connectivity index (χ0v) is 14.8. The second kappa shape index (κ2) is 9.48. The molecule has 0 aliphatic carbocycles. The SMILES string of the molecule is COC(=O)c1cc(C=NN=C(N)SCc2ccccc2)ccc1OC. The molecule has 2 N–H and O–H groups in total. The Morgan fingerprint density at radius 3 is 2.64 bits per heavy atom. The summed E-state index contributed by atoms with van der Waals surface area (Å²) < 4.78 is 9.88. The van der Waals surface area contributed by atoms with Crippen molar-refractivity contribution in [3.05, 3.63) is 65.2 Å². The van der Waals surface area contributed by atoms with Crippen molar-refractivity contribution in [3.63, 3.8) is 0 Å². The summed E-state index contributed by atoms with van der Waals surface area (Å²) in [5.74, 6) is 0.680. The summed E-state index contributed by atoms with van der Waals surface area (Å²) in [5, 5.41) is 8.27. The number of benzene rings is 2. The summed E-state index contributed by atoms with van der Waals surface area (Å²) in [6, 6.07) is 15.0. The van der Waals surface area contributed by atoms with Gasteiger partial charge in [0, 0.05) is 5.75 Å². The van der Waals surface area contributed by atoms with E-state index in [4.69, 9.17) is 15.2 Å². The minimum absolute atomic E-state index is 0.323. The summed E-state index contributed by atoms with van der Waals surface area (Å²) in [6.45, 7) is 0. The van der Waals surface area contributed by atoms with Gasteiger partial charge in [-0.2, -0.15) is 5.10 Å². The Kier molecular flexibility index (Phi) is 7.03. The predicted octanol–water partition coefficient (Wildman–Crippen LogP) is 3.06. The lowest BCUT2D eigenvalue weighted by atomic mass is 10.1. The van der Waals surface area contributed by atoms with E-state index in [-0.39, 0.29) is 0 Å². The van der Waals surface area contributed by atoms with Crippen molar-refractivity contribution in [2.24, 2.45) is 15.9 Å². The Balaban J connectivity index is 2.01. The topological polar surface area (TPSA) is 86.3 Å². The molecule has 0 bridgehead atoms. The number of rotatable bonds is 6. The van der Waals surface area contributed by atoms with Crippen molar-refractivity contribution >= 4 is 29.1 Å². The molecular formula is C18H19N3O3S. The van der Waals surface area contributed by atoms with Crippen LogP contribution < -0.4 is 10.5 Å². The van der Waals surface area contributed by atoms with E-state index in [1.54, 1.807) is 18.2 Å². The highest BCUT2D eigenvalue weighted by Crippen LogP contribution is 2.20. The van der Waals surface area contributed by atoms with E-state index in [9.17, 15) is 4.79 Å². The molecule has 0 fully saturated rings. The van der Waals surface area contributed by atoms with E-state index in [0.29, 0.717) is 22.0 Å². The van der Waals surface area contributed by atoms with Crippen LogP contribution in [0.4, 0.5) is 0 Å². The maximum absolute atomic E-state index is 11.7. The van der Waals surface area contributed by atoms with E-state index in [1.807, 2.05) is 30.3 Å². The molecule has 0 atom stereocenters. The number of ether oxygens (including phenoxy) is 2. The quantitative estimate of drug-likeness (QED) is 0.372. The third kappa shape index (κ3) is 5.65. The molecule has 7 heteroatoms. The van der Waals surface area contributed by atoms with Gasteiger partial charge in [0.25, 0.3) is 0 Å². The second-order valence-corrected chi connectivity index (χ2v) is 5.90. The fourth-order valence-corrected chi connectivity index (χ4v) is 2.60. The molecule has 0 radical (unpaired) electrons. The average molecular weight is 357 g/mol. The lowest BCUT2D eigenvalue weighted by molar-refractivity contribution is 0.0597. The van der Waals surface area contributed by atoms with Gasteiger partial charge in [0.05, 0.1) is 20.4 Å². The van der Waals surface area contributed by atoms with Crippen molar-refractivity contribution < 1.29 is 14.3 Å². The standard InChI is InChI=1S/C18H19N3O3S/c1-23-16-9-8-14(10-15(16)17(22)24-2)11-20-21-18(19)25-12-13-6-4-3-5-7-13/h3-11H,12H2,1-2H3,(H2,19,21). The number of thioether (sulfide) groups is 1. The summed E-state index contributed by atoms with van der Waals surface area (Å²) >= 11 is 1.40. The van der Waals surface area contributed by atoms with Crippen LogP contribution in [0.1, 0.15) is 21.5 Å². The summed E-state index contributed by atoms with van der Waals surface area (Å²) in [7, 11) is 2.81. The molecule has 2 rings (SSSR count). The van der Waals surface area contributed by atoms with Crippen molar-refractivity contribution in [2.75, 3.05) is 14.2 Å². The molecule has 130 valence electrons. The van der Waals surface area contributed by atoms with Crippen LogP contribution in [-0.2, 0) is 10.5 Å². The molecule has 0 amide bonds. The lowest BCUT2D eigenvalue weighted by Gasteiger charge is -2.07. The van der Waals surface area contributed by atoms with Gasteiger partial charge < -0.3 is 15.2 Å². The maximum Gasteiger partial charge on any atom is 0.341 e. The van der Waals surface area contributed by atoms with Gasteiger partial charge in [-0.3, -0.25) is 0 Å². The maximum atomic E-state index is 11.7. The molecule has 0 aliphatic rings. The zero-order valence-electron chi connectivity index (χ0n) is 14.0. The number of carbonyl (C=O) groups is 1. The van der Waals surface area contributed by atoms with Crippen LogP contribution >= 0.6 is 11.8 Å². The van der Waals surface area contributed by atoms with Crippen molar-refractivity contribution in [1.82, 2.24) is 0 Å². The van der Waals surface area contributed by atoms with E-state index < -0.39 is 5.97 Å². The Hall–Kier alpha value is -2.80. The molecule has 0 unspecified atom stereocenters. The van der Waals surface area contributed by atoms with Gasteiger partial charge in [-0.25, -0.2) is 4.79 Å². The predicted molar refractivity (Wildman–Crippen MR) is 101 cm³/mol. The number of amidine groups is 1. The van der Waals surface area contributed by atoms with Gasteiger partial charge in [-0.15, -0.1) is 5.10 Å². The Bertz CT molecular complexity index is 776. The van der Waals surface area contributed by atoms with Gasteiger partial charge in [-0.05, 0) is 29.3 Å². The molecule has 0 spiro atoms. The first-order valence-corrected chi connectivity index (χ1v) is 8.42. The number of hydrogen-bond donors (Lipinski definition) is 1. The smallest absolute Gasteiger partial charge is 0.341 e. The fraction of sp³-hybridized carbons (Fsp3) is 0.167. The zero-order chi connectivity index (χ0) is 18.1. The van der Waals surface area contributed by atoms with Gasteiger partial charge >= 0.3 is 5.97 Å². The molecule has 6 nitrogen and oxygen atoms in total. The highest BCUT2D eigenvalue weighted by molar-refractivity contribution is 8.13. The number of nitrogens with zero attached hydrogens (tertiary/aromatic N) is 2. The van der Waals surface area contributed by atoms with Gasteiger partial charge in [0.1, 0.15) is 11.3 Å². The first-order chi connectivity index (χ1) is 12.1. The lowest BCUT2D eigenvalue weighted by Crippen LogP contribution is -2.06. The second-order valence-electron chi connectivity index (χ2n) is 4.91. The monoisotopic (exact) mass is 357 g/mol. The van der Waals surface area contributed by atoms with E-state index in [2.05, 4.69) is 10.2 Å². The molecule has 2 aromatic carbocycles. The Morgan fingerprint density at radius 1 is 1.20 bits per heavy atom. The number of nitrogens with two attached hydrogens (primary N) is 1. The summed E-state index contributed by atoms with van der Waals surface area (Å²) in [5.41, 5.74) is 8.01.